The third-order valence-electron chi connectivity index (χ3n) is 5.26. The normalized spacial score (nSPS) is 26.6. The maximum Gasteiger partial charge on any atom is 0.137 e. The topological polar surface area (TPSA) is 20.3 Å². The predicted octanol–water partition coefficient (Wildman–Crippen LogP) is 3.83. The smallest absolute Gasteiger partial charge is 0.137 e. The largest absolute Gasteiger partial charge is 0.299 e. The van der Waals surface area contributed by atoms with Crippen molar-refractivity contribution in [3.05, 3.63) is 35.4 Å². The van der Waals surface area contributed by atoms with Crippen LogP contribution in [0, 0.1) is 11.8 Å². The van der Waals surface area contributed by atoms with Crippen LogP contribution >= 0.6 is 0 Å². The van der Waals surface area contributed by atoms with Gasteiger partial charge in [-0.25, -0.2) is 0 Å². The molecule has 0 amide bonds. The van der Waals surface area contributed by atoms with Gasteiger partial charge < -0.3 is 0 Å². The lowest BCUT2D eigenvalue weighted by Crippen LogP contribution is -2.39. The van der Waals surface area contributed by atoms with E-state index in [2.05, 4.69) is 36.1 Å². The van der Waals surface area contributed by atoms with Gasteiger partial charge in [-0.05, 0) is 36.3 Å². The Morgan fingerprint density at radius 2 is 2.00 bits per heavy atom. The standard InChI is InChI=1S/C19H27NO/c1-2-5-15-8-9-19(21)18(12-15)14-20-11-10-16-6-3-4-7-17(16)13-20/h3-4,6-7,15,18H,2,5,8-14H2,1H3. The number of Topliss-reactive ketones (excluding diaryl/α,β-unsaturated/α-hetero) is 1. The molecule has 0 N–H and O–H groups in total. The lowest BCUT2D eigenvalue weighted by molar-refractivity contribution is -0.126. The first-order valence-electron chi connectivity index (χ1n) is 8.58. The summed E-state index contributed by atoms with van der Waals surface area (Å²) in [4.78, 5) is 14.7. The third-order valence-corrected chi connectivity index (χ3v) is 5.26. The van der Waals surface area contributed by atoms with Crippen molar-refractivity contribution in [2.45, 2.75) is 52.0 Å². The average molecular weight is 285 g/mol. The number of carbonyl (C=O) groups excluding carboxylic acids is 1. The molecule has 0 spiro atoms. The number of ketones is 1. The first-order valence-corrected chi connectivity index (χ1v) is 8.58. The number of hydrogen-bond donors (Lipinski definition) is 0. The molecule has 1 aliphatic heterocycles. The second-order valence-corrected chi connectivity index (χ2v) is 6.85. The van der Waals surface area contributed by atoms with Crippen molar-refractivity contribution < 1.29 is 4.79 Å². The molecule has 0 radical (unpaired) electrons. The fourth-order valence-electron chi connectivity index (χ4n) is 4.07. The summed E-state index contributed by atoms with van der Waals surface area (Å²) in [6, 6.07) is 8.75. The second kappa shape index (κ2) is 6.74. The van der Waals surface area contributed by atoms with Crippen LogP contribution in [0.1, 0.15) is 50.2 Å². The minimum Gasteiger partial charge on any atom is -0.299 e. The van der Waals surface area contributed by atoms with Crippen molar-refractivity contribution in [3.8, 4) is 0 Å². The average Bonchev–Trinajstić information content (AvgIpc) is 2.51. The molecule has 2 nitrogen and oxygen atoms in total. The lowest BCUT2D eigenvalue weighted by Gasteiger charge is -2.34. The molecule has 0 bridgehead atoms. The van der Waals surface area contributed by atoms with Gasteiger partial charge in [-0.2, -0.15) is 0 Å². The van der Waals surface area contributed by atoms with Gasteiger partial charge in [-0.3, -0.25) is 9.69 Å². The maximum absolute atomic E-state index is 12.2. The van der Waals surface area contributed by atoms with Crippen LogP contribution < -0.4 is 0 Å². The Labute approximate surface area is 128 Å². The third kappa shape index (κ3) is 3.55. The van der Waals surface area contributed by atoms with E-state index in [9.17, 15) is 4.79 Å². The zero-order chi connectivity index (χ0) is 14.7. The van der Waals surface area contributed by atoms with E-state index in [1.54, 1.807) is 0 Å². The van der Waals surface area contributed by atoms with Crippen molar-refractivity contribution in [1.82, 2.24) is 4.90 Å². The molecule has 1 fully saturated rings. The Morgan fingerprint density at radius 3 is 2.81 bits per heavy atom. The predicted molar refractivity (Wildman–Crippen MR) is 86.2 cm³/mol. The molecule has 0 aromatic heterocycles. The number of carbonyl (C=O) groups is 1. The van der Waals surface area contributed by atoms with Gasteiger partial charge in [0, 0.05) is 32.0 Å². The number of benzene rings is 1. The van der Waals surface area contributed by atoms with E-state index in [-0.39, 0.29) is 0 Å². The van der Waals surface area contributed by atoms with Crippen LogP contribution in [-0.4, -0.2) is 23.8 Å². The molecule has 2 heteroatoms. The van der Waals surface area contributed by atoms with Crippen LogP contribution in [-0.2, 0) is 17.8 Å². The monoisotopic (exact) mass is 285 g/mol. The number of hydrogen-bond acceptors (Lipinski definition) is 2. The van der Waals surface area contributed by atoms with Gasteiger partial charge in [0.25, 0.3) is 0 Å². The highest BCUT2D eigenvalue weighted by Crippen LogP contribution is 2.31. The molecule has 2 unspecified atom stereocenters. The fourth-order valence-corrected chi connectivity index (χ4v) is 4.07. The zero-order valence-corrected chi connectivity index (χ0v) is 13.2. The Morgan fingerprint density at radius 1 is 1.19 bits per heavy atom. The van der Waals surface area contributed by atoms with E-state index in [1.807, 2.05) is 0 Å². The molecule has 114 valence electrons. The molecular formula is C19H27NO. The molecule has 1 aromatic rings. The Hall–Kier alpha value is -1.15. The van der Waals surface area contributed by atoms with E-state index in [4.69, 9.17) is 0 Å². The van der Waals surface area contributed by atoms with Crippen LogP contribution in [0.4, 0.5) is 0 Å². The van der Waals surface area contributed by atoms with E-state index >= 15 is 0 Å². The summed E-state index contributed by atoms with van der Waals surface area (Å²) < 4.78 is 0. The summed E-state index contributed by atoms with van der Waals surface area (Å²) in [6.07, 6.45) is 6.77. The van der Waals surface area contributed by atoms with Gasteiger partial charge >= 0.3 is 0 Å². The quantitative estimate of drug-likeness (QED) is 0.838. The van der Waals surface area contributed by atoms with Crippen LogP contribution in [0.15, 0.2) is 24.3 Å². The van der Waals surface area contributed by atoms with Crippen molar-refractivity contribution in [2.75, 3.05) is 13.1 Å². The van der Waals surface area contributed by atoms with Crippen LogP contribution in [0.25, 0.3) is 0 Å². The van der Waals surface area contributed by atoms with Crippen molar-refractivity contribution in [1.29, 1.82) is 0 Å². The molecule has 1 saturated carbocycles. The maximum atomic E-state index is 12.2. The lowest BCUT2D eigenvalue weighted by atomic mass is 9.78. The first kappa shape index (κ1) is 14.8. The number of rotatable bonds is 4. The first-order chi connectivity index (χ1) is 10.3. The zero-order valence-electron chi connectivity index (χ0n) is 13.2. The molecule has 21 heavy (non-hydrogen) atoms. The SMILES string of the molecule is CCCC1CCC(=O)C(CN2CCc3ccccc3C2)C1. The number of nitrogens with zero attached hydrogens (tertiary/aromatic N) is 1. The van der Waals surface area contributed by atoms with Gasteiger partial charge in [0.05, 0.1) is 0 Å². The van der Waals surface area contributed by atoms with Crippen molar-refractivity contribution >= 4 is 5.78 Å². The molecule has 0 saturated heterocycles. The summed E-state index contributed by atoms with van der Waals surface area (Å²) in [5.74, 6) is 1.59. The van der Waals surface area contributed by atoms with Crippen LogP contribution in [0.2, 0.25) is 0 Å². The van der Waals surface area contributed by atoms with Gasteiger partial charge in [0.15, 0.2) is 0 Å². The van der Waals surface area contributed by atoms with E-state index in [0.717, 1.165) is 51.2 Å². The van der Waals surface area contributed by atoms with Gasteiger partial charge in [-0.15, -0.1) is 0 Å². The molecule has 1 aromatic carbocycles. The number of fused-ring (bicyclic) bond motifs is 1. The fraction of sp³-hybridized carbons (Fsp3) is 0.632. The summed E-state index contributed by atoms with van der Waals surface area (Å²) >= 11 is 0. The Kier molecular flexibility index (Phi) is 4.74. The van der Waals surface area contributed by atoms with Crippen molar-refractivity contribution in [2.24, 2.45) is 11.8 Å². The molecule has 1 aliphatic carbocycles. The second-order valence-electron chi connectivity index (χ2n) is 6.85. The van der Waals surface area contributed by atoms with Gasteiger partial charge in [-0.1, -0.05) is 44.0 Å². The summed E-state index contributed by atoms with van der Waals surface area (Å²) in [6.45, 7) is 5.37. The molecule has 2 atom stereocenters. The van der Waals surface area contributed by atoms with Crippen molar-refractivity contribution in [3.63, 3.8) is 0 Å². The highest BCUT2D eigenvalue weighted by molar-refractivity contribution is 5.82. The molecule has 2 aliphatic rings. The van der Waals surface area contributed by atoms with E-state index in [0.29, 0.717) is 11.7 Å². The van der Waals surface area contributed by atoms with E-state index in [1.165, 1.54) is 24.0 Å². The van der Waals surface area contributed by atoms with Crippen LogP contribution in [0.3, 0.4) is 0 Å². The van der Waals surface area contributed by atoms with E-state index < -0.39 is 0 Å². The molecule has 3 rings (SSSR count). The molecule has 1 heterocycles. The highest BCUT2D eigenvalue weighted by Gasteiger charge is 2.30. The Balaban J connectivity index is 1.60. The summed E-state index contributed by atoms with van der Waals surface area (Å²) in [5.41, 5.74) is 2.95. The summed E-state index contributed by atoms with van der Waals surface area (Å²) in [7, 11) is 0. The minimum absolute atomic E-state index is 0.292. The van der Waals surface area contributed by atoms with Crippen LogP contribution in [0.5, 0.6) is 0 Å². The minimum atomic E-state index is 0.292. The van der Waals surface area contributed by atoms with Gasteiger partial charge in [0.1, 0.15) is 5.78 Å². The van der Waals surface area contributed by atoms with Gasteiger partial charge in [0.2, 0.25) is 0 Å². The summed E-state index contributed by atoms with van der Waals surface area (Å²) in [5, 5.41) is 0. The molecular weight excluding hydrogens is 258 g/mol. The highest BCUT2D eigenvalue weighted by atomic mass is 16.1. The Bertz CT molecular complexity index is 496.